The Labute approximate surface area is 162 Å². The average Bonchev–Trinajstić information content (AvgIpc) is 2.66. The number of nitrogens with zero attached hydrogens (tertiary/aromatic N) is 1. The first kappa shape index (κ1) is 21.1. The molecule has 0 radical (unpaired) electrons. The van der Waals surface area contributed by atoms with Crippen LogP contribution in [0.25, 0.3) is 0 Å². The number of carbonyl (C=O) groups excluding carboxylic acids is 1. The van der Waals surface area contributed by atoms with E-state index in [4.69, 9.17) is 0 Å². The molecular weight excluding hydrogens is 360 g/mol. The number of nitrogens with one attached hydrogen (secondary N) is 1. The van der Waals surface area contributed by atoms with Crippen molar-refractivity contribution < 1.29 is 13.2 Å². The Morgan fingerprint density at radius 1 is 1.00 bits per heavy atom. The van der Waals surface area contributed by atoms with Crippen LogP contribution in [-0.2, 0) is 16.6 Å². The van der Waals surface area contributed by atoms with Gasteiger partial charge in [-0.25, -0.2) is 8.42 Å². The van der Waals surface area contributed by atoms with Gasteiger partial charge in [0.15, 0.2) is 0 Å². The predicted molar refractivity (Wildman–Crippen MR) is 108 cm³/mol. The van der Waals surface area contributed by atoms with Gasteiger partial charge in [0, 0.05) is 24.2 Å². The normalized spacial score (nSPS) is 12.2. The molecule has 0 aromatic heterocycles. The van der Waals surface area contributed by atoms with Gasteiger partial charge in [0.25, 0.3) is 5.91 Å². The van der Waals surface area contributed by atoms with Crippen molar-refractivity contribution in [2.45, 2.75) is 51.1 Å². The molecule has 146 valence electrons. The summed E-state index contributed by atoms with van der Waals surface area (Å²) in [4.78, 5) is 12.6. The summed E-state index contributed by atoms with van der Waals surface area (Å²) in [5, 5.41) is 2.99. The largest absolute Gasteiger partial charge is 0.347 e. The van der Waals surface area contributed by atoms with Gasteiger partial charge in [-0.05, 0) is 50.1 Å². The molecule has 5 nitrogen and oxygen atoms in total. The van der Waals surface area contributed by atoms with Gasteiger partial charge in [0.05, 0.1) is 4.90 Å². The van der Waals surface area contributed by atoms with Crippen LogP contribution in [0.5, 0.6) is 0 Å². The number of hydrogen-bond acceptors (Lipinski definition) is 3. The Hall–Kier alpha value is -2.18. The zero-order valence-electron chi connectivity index (χ0n) is 16.4. The number of benzene rings is 2. The maximum absolute atomic E-state index is 12.8. The van der Waals surface area contributed by atoms with E-state index < -0.39 is 10.0 Å². The fourth-order valence-corrected chi connectivity index (χ4v) is 4.00. The third kappa shape index (κ3) is 5.40. The minimum absolute atomic E-state index is 0.127. The molecule has 0 fully saturated rings. The van der Waals surface area contributed by atoms with Gasteiger partial charge < -0.3 is 5.32 Å². The number of hydrogen-bond donors (Lipinski definition) is 1. The second-order valence-corrected chi connectivity index (χ2v) is 9.07. The summed E-state index contributed by atoms with van der Waals surface area (Å²) in [5.74, 6) is -0.127. The van der Waals surface area contributed by atoms with Crippen molar-refractivity contribution in [1.82, 2.24) is 9.62 Å². The molecule has 2 rings (SSSR count). The molecule has 0 unspecified atom stereocenters. The second kappa shape index (κ2) is 8.67. The van der Waals surface area contributed by atoms with E-state index in [0.29, 0.717) is 12.1 Å². The third-order valence-corrected chi connectivity index (χ3v) is 6.58. The lowest BCUT2D eigenvalue weighted by Gasteiger charge is -2.24. The molecule has 1 amide bonds. The van der Waals surface area contributed by atoms with E-state index in [0.717, 1.165) is 12.0 Å². The Balaban J connectivity index is 2.14. The molecule has 2 aromatic rings. The maximum atomic E-state index is 12.8. The second-order valence-electron chi connectivity index (χ2n) is 7.13. The van der Waals surface area contributed by atoms with E-state index in [1.165, 1.54) is 4.31 Å². The lowest BCUT2D eigenvalue weighted by Crippen LogP contribution is -2.42. The van der Waals surface area contributed by atoms with E-state index >= 15 is 0 Å². The first-order chi connectivity index (χ1) is 12.7. The van der Waals surface area contributed by atoms with E-state index in [1.54, 1.807) is 54.6 Å². The Kier molecular flexibility index (Phi) is 6.78. The molecular formula is C21H28N2O3S. The van der Waals surface area contributed by atoms with Crippen molar-refractivity contribution in [2.75, 3.05) is 6.54 Å². The Bertz CT molecular complexity index is 860. The minimum Gasteiger partial charge on any atom is -0.347 e. The summed E-state index contributed by atoms with van der Waals surface area (Å²) in [6.45, 7) is 8.42. The molecule has 27 heavy (non-hydrogen) atoms. The zero-order valence-corrected chi connectivity index (χ0v) is 17.2. The van der Waals surface area contributed by atoms with Crippen LogP contribution in [0, 0.1) is 0 Å². The average molecular weight is 389 g/mol. The molecule has 0 saturated heterocycles. The van der Waals surface area contributed by atoms with Gasteiger partial charge in [0.2, 0.25) is 10.0 Å². The number of rotatable bonds is 8. The van der Waals surface area contributed by atoms with Crippen molar-refractivity contribution in [3.05, 3.63) is 65.7 Å². The molecule has 2 aromatic carbocycles. The van der Waals surface area contributed by atoms with Crippen LogP contribution < -0.4 is 5.32 Å². The van der Waals surface area contributed by atoms with Crippen LogP contribution in [0.4, 0.5) is 0 Å². The number of carbonyl (C=O) groups is 1. The first-order valence-corrected chi connectivity index (χ1v) is 10.6. The maximum Gasteiger partial charge on any atom is 0.251 e. The number of sulfonamides is 1. The summed E-state index contributed by atoms with van der Waals surface area (Å²) in [6, 6.07) is 15.5. The van der Waals surface area contributed by atoms with Crippen LogP contribution in [0.2, 0.25) is 0 Å². The molecule has 0 bridgehead atoms. The fraction of sp³-hybridized carbons (Fsp3) is 0.381. The lowest BCUT2D eigenvalue weighted by atomic mass is 10.0. The van der Waals surface area contributed by atoms with E-state index in [2.05, 4.69) is 5.32 Å². The molecule has 0 aliphatic rings. The molecule has 0 atom stereocenters. The van der Waals surface area contributed by atoms with Crippen molar-refractivity contribution in [3.8, 4) is 0 Å². The van der Waals surface area contributed by atoms with Gasteiger partial charge >= 0.3 is 0 Å². The summed E-state index contributed by atoms with van der Waals surface area (Å²) in [6.07, 6.45) is 0.833. The highest BCUT2D eigenvalue weighted by Crippen LogP contribution is 2.18. The summed E-state index contributed by atoms with van der Waals surface area (Å²) < 4.78 is 27.0. The smallest absolute Gasteiger partial charge is 0.251 e. The van der Waals surface area contributed by atoms with Gasteiger partial charge in [-0.3, -0.25) is 4.79 Å². The van der Waals surface area contributed by atoms with Crippen molar-refractivity contribution in [1.29, 1.82) is 0 Å². The molecule has 6 heteroatoms. The minimum atomic E-state index is -3.55. The highest BCUT2D eigenvalue weighted by molar-refractivity contribution is 7.89. The van der Waals surface area contributed by atoms with Crippen LogP contribution in [0.3, 0.4) is 0 Å². The van der Waals surface area contributed by atoms with E-state index in [9.17, 15) is 13.2 Å². The van der Waals surface area contributed by atoms with Crippen LogP contribution in [-0.4, -0.2) is 30.7 Å². The van der Waals surface area contributed by atoms with Crippen molar-refractivity contribution >= 4 is 15.9 Å². The summed E-state index contributed by atoms with van der Waals surface area (Å²) in [5.41, 5.74) is 1.13. The van der Waals surface area contributed by atoms with Gasteiger partial charge in [-0.15, -0.1) is 0 Å². The molecule has 0 aliphatic carbocycles. The summed E-state index contributed by atoms with van der Waals surface area (Å²) in [7, 11) is -3.55. The SMILES string of the molecule is CCN(Cc1ccc(C(=O)NC(C)(C)CC)cc1)S(=O)(=O)c1ccccc1. The lowest BCUT2D eigenvalue weighted by molar-refractivity contribution is 0.0911. The van der Waals surface area contributed by atoms with Crippen LogP contribution in [0.1, 0.15) is 50.0 Å². The standard InChI is InChI=1S/C21H28N2O3S/c1-5-21(3,4)22-20(24)18-14-12-17(13-15-18)16-23(6-2)27(25,26)19-10-8-7-9-11-19/h7-15H,5-6,16H2,1-4H3,(H,22,24). The molecule has 0 saturated carbocycles. The van der Waals surface area contributed by atoms with Crippen LogP contribution in [0.15, 0.2) is 59.5 Å². The van der Waals surface area contributed by atoms with E-state index in [-0.39, 0.29) is 22.9 Å². The monoisotopic (exact) mass is 388 g/mol. The number of amides is 1. The van der Waals surface area contributed by atoms with Gasteiger partial charge in [-0.1, -0.05) is 44.2 Å². The third-order valence-electron chi connectivity index (χ3n) is 4.64. The van der Waals surface area contributed by atoms with Crippen molar-refractivity contribution in [3.63, 3.8) is 0 Å². The molecule has 0 heterocycles. The summed E-state index contributed by atoms with van der Waals surface area (Å²) >= 11 is 0. The van der Waals surface area contributed by atoms with Crippen molar-refractivity contribution in [2.24, 2.45) is 0 Å². The van der Waals surface area contributed by atoms with E-state index in [1.807, 2.05) is 27.7 Å². The molecule has 0 aliphatic heterocycles. The highest BCUT2D eigenvalue weighted by Gasteiger charge is 2.23. The molecule has 1 N–H and O–H groups in total. The van der Waals surface area contributed by atoms with Gasteiger partial charge in [-0.2, -0.15) is 4.31 Å². The fourth-order valence-electron chi connectivity index (χ4n) is 2.54. The molecule has 0 spiro atoms. The topological polar surface area (TPSA) is 66.5 Å². The first-order valence-electron chi connectivity index (χ1n) is 9.16. The zero-order chi connectivity index (χ0) is 20.1. The predicted octanol–water partition coefficient (Wildman–Crippen LogP) is 3.82. The van der Waals surface area contributed by atoms with Crippen LogP contribution >= 0.6 is 0 Å². The quantitative estimate of drug-likeness (QED) is 0.748. The highest BCUT2D eigenvalue weighted by atomic mass is 32.2. The Morgan fingerprint density at radius 3 is 2.11 bits per heavy atom. The van der Waals surface area contributed by atoms with Gasteiger partial charge in [0.1, 0.15) is 0 Å². The Morgan fingerprint density at radius 2 is 1.59 bits per heavy atom.